The number of methoxy groups -OCH3 is 1. The summed E-state index contributed by atoms with van der Waals surface area (Å²) in [6.07, 6.45) is 0. The highest BCUT2D eigenvalue weighted by Crippen LogP contribution is 2.07. The van der Waals surface area contributed by atoms with E-state index in [0.29, 0.717) is 18.7 Å². The van der Waals surface area contributed by atoms with E-state index in [1.807, 2.05) is 32.9 Å². The summed E-state index contributed by atoms with van der Waals surface area (Å²) in [5, 5.41) is 9.08. The molecule has 3 N–H and O–H groups in total. The largest absolute Gasteiger partial charge is 0.377 e. The zero-order valence-corrected chi connectivity index (χ0v) is 14.7. The Morgan fingerprint density at radius 3 is 2.39 bits per heavy atom. The summed E-state index contributed by atoms with van der Waals surface area (Å²) in [5.74, 6) is 0.657. The first-order valence-electron chi connectivity index (χ1n) is 7.80. The molecule has 0 spiro atoms. The monoisotopic (exact) mass is 320 g/mol. The van der Waals surface area contributed by atoms with Crippen molar-refractivity contribution in [1.29, 1.82) is 0 Å². The van der Waals surface area contributed by atoms with Crippen molar-refractivity contribution < 1.29 is 9.53 Å². The molecule has 6 nitrogen and oxygen atoms in total. The highest BCUT2D eigenvalue weighted by atomic mass is 16.5. The van der Waals surface area contributed by atoms with Crippen LogP contribution in [0.3, 0.4) is 0 Å². The van der Waals surface area contributed by atoms with Crippen molar-refractivity contribution in [3.8, 4) is 0 Å². The summed E-state index contributed by atoms with van der Waals surface area (Å²) in [4.78, 5) is 16.1. The van der Waals surface area contributed by atoms with Crippen LogP contribution in [0.4, 0.5) is 0 Å². The van der Waals surface area contributed by atoms with Crippen LogP contribution >= 0.6 is 0 Å². The lowest BCUT2D eigenvalue weighted by Gasteiger charge is -2.24. The van der Waals surface area contributed by atoms with Crippen LogP contribution in [0.25, 0.3) is 0 Å². The zero-order chi connectivity index (χ0) is 17.3. The van der Waals surface area contributed by atoms with E-state index >= 15 is 0 Å². The molecule has 0 atom stereocenters. The fourth-order valence-electron chi connectivity index (χ4n) is 1.79. The molecule has 0 fully saturated rings. The predicted molar refractivity (Wildman–Crippen MR) is 93.7 cm³/mol. The van der Waals surface area contributed by atoms with Gasteiger partial charge in [-0.05, 0) is 38.5 Å². The Morgan fingerprint density at radius 2 is 1.87 bits per heavy atom. The maximum absolute atomic E-state index is 11.5. The van der Waals surface area contributed by atoms with E-state index < -0.39 is 0 Å². The molecule has 0 aliphatic carbocycles. The molecule has 0 heterocycles. The average Bonchev–Trinajstić information content (AvgIpc) is 2.57. The molecule has 1 rings (SSSR count). The number of carbonyl (C=O) groups excluding carboxylic acids is 1. The van der Waals surface area contributed by atoms with E-state index in [0.717, 1.165) is 18.1 Å². The fourth-order valence-corrected chi connectivity index (χ4v) is 1.79. The van der Waals surface area contributed by atoms with Gasteiger partial charge in [0.25, 0.3) is 5.91 Å². The van der Waals surface area contributed by atoms with Crippen molar-refractivity contribution in [2.45, 2.75) is 32.9 Å². The Labute approximate surface area is 138 Å². The molecule has 1 amide bonds. The van der Waals surface area contributed by atoms with Crippen molar-refractivity contribution in [1.82, 2.24) is 16.0 Å². The lowest BCUT2D eigenvalue weighted by Crippen LogP contribution is -2.45. The predicted octanol–water partition coefficient (Wildman–Crippen LogP) is 1.53. The summed E-state index contributed by atoms with van der Waals surface area (Å²) in [5.41, 5.74) is 1.43. The van der Waals surface area contributed by atoms with Gasteiger partial charge in [0.2, 0.25) is 0 Å². The Hall–Kier alpha value is -2.08. The number of rotatable bonds is 7. The first-order chi connectivity index (χ1) is 10.9. The molecule has 0 saturated heterocycles. The Balaban J connectivity index is 2.67. The Bertz CT molecular complexity index is 524. The van der Waals surface area contributed by atoms with Gasteiger partial charge in [0.05, 0.1) is 12.1 Å². The number of nitrogens with one attached hydrogen (secondary N) is 3. The molecule has 0 aliphatic rings. The Morgan fingerprint density at radius 1 is 1.22 bits per heavy atom. The molecule has 0 radical (unpaired) electrons. The second-order valence-electron chi connectivity index (χ2n) is 5.79. The number of carbonyl (C=O) groups is 1. The zero-order valence-electron chi connectivity index (χ0n) is 14.7. The van der Waals surface area contributed by atoms with Gasteiger partial charge < -0.3 is 20.7 Å². The van der Waals surface area contributed by atoms with E-state index in [1.54, 1.807) is 26.3 Å². The van der Waals surface area contributed by atoms with Gasteiger partial charge in [-0.15, -0.1) is 0 Å². The van der Waals surface area contributed by atoms with E-state index in [-0.39, 0.29) is 11.5 Å². The number of ether oxygens (including phenoxy) is 1. The highest BCUT2D eigenvalue weighted by molar-refractivity contribution is 5.93. The van der Waals surface area contributed by atoms with E-state index in [4.69, 9.17) is 4.74 Å². The fraction of sp³-hybridized carbons (Fsp3) is 0.529. The molecule has 0 aliphatic heterocycles. The lowest BCUT2D eigenvalue weighted by atomic mass is 10.1. The van der Waals surface area contributed by atoms with Crippen molar-refractivity contribution >= 4 is 11.9 Å². The van der Waals surface area contributed by atoms with Crippen LogP contribution in [-0.2, 0) is 11.3 Å². The summed E-state index contributed by atoms with van der Waals surface area (Å²) < 4.78 is 5.39. The van der Waals surface area contributed by atoms with Crippen molar-refractivity contribution in [3.63, 3.8) is 0 Å². The summed E-state index contributed by atoms with van der Waals surface area (Å²) in [6.45, 7) is 8.04. The van der Waals surface area contributed by atoms with Crippen LogP contribution in [0.5, 0.6) is 0 Å². The number of aliphatic imine (C=N–C) groups is 1. The molecule has 1 aromatic rings. The second kappa shape index (κ2) is 9.15. The van der Waals surface area contributed by atoms with Gasteiger partial charge in [-0.2, -0.15) is 0 Å². The van der Waals surface area contributed by atoms with E-state index in [9.17, 15) is 4.79 Å². The molecule has 128 valence electrons. The Kier molecular flexibility index (Phi) is 7.54. The van der Waals surface area contributed by atoms with Gasteiger partial charge >= 0.3 is 0 Å². The van der Waals surface area contributed by atoms with E-state index in [1.165, 1.54) is 0 Å². The maximum atomic E-state index is 11.5. The quantitative estimate of drug-likeness (QED) is 0.526. The number of hydrogen-bond acceptors (Lipinski definition) is 3. The van der Waals surface area contributed by atoms with E-state index in [2.05, 4.69) is 20.9 Å². The minimum atomic E-state index is -0.259. The van der Waals surface area contributed by atoms with Gasteiger partial charge in [0, 0.05) is 32.8 Å². The SMILES string of the molecule is CCNC(=NCc1ccc(C(=O)NC)cc1)NCC(C)(C)OC. The molecule has 0 bridgehead atoms. The normalized spacial score (nSPS) is 12.0. The van der Waals surface area contributed by atoms with Crippen molar-refractivity contribution in [3.05, 3.63) is 35.4 Å². The molecule has 0 aromatic heterocycles. The van der Waals surface area contributed by atoms with Crippen LogP contribution in [0.15, 0.2) is 29.3 Å². The summed E-state index contributed by atoms with van der Waals surface area (Å²) in [7, 11) is 3.32. The third kappa shape index (κ3) is 6.69. The number of benzene rings is 1. The molecular weight excluding hydrogens is 292 g/mol. The van der Waals surface area contributed by atoms with Crippen LogP contribution in [0, 0.1) is 0 Å². The molecule has 6 heteroatoms. The minimum Gasteiger partial charge on any atom is -0.377 e. The first-order valence-corrected chi connectivity index (χ1v) is 7.80. The molecule has 0 unspecified atom stereocenters. The molecular formula is C17H28N4O2. The smallest absolute Gasteiger partial charge is 0.251 e. The number of guanidine groups is 1. The van der Waals surface area contributed by atoms with Gasteiger partial charge in [-0.25, -0.2) is 4.99 Å². The third-order valence-electron chi connectivity index (χ3n) is 3.44. The van der Waals surface area contributed by atoms with Crippen LogP contribution in [0.1, 0.15) is 36.7 Å². The first kappa shape index (κ1) is 19.0. The van der Waals surface area contributed by atoms with Crippen LogP contribution in [-0.4, -0.2) is 44.7 Å². The van der Waals surface area contributed by atoms with Gasteiger partial charge in [-0.3, -0.25) is 4.79 Å². The maximum Gasteiger partial charge on any atom is 0.251 e. The number of amides is 1. The highest BCUT2D eigenvalue weighted by Gasteiger charge is 2.16. The van der Waals surface area contributed by atoms with Gasteiger partial charge in [-0.1, -0.05) is 12.1 Å². The van der Waals surface area contributed by atoms with Crippen molar-refractivity contribution in [2.75, 3.05) is 27.2 Å². The molecule has 0 saturated carbocycles. The van der Waals surface area contributed by atoms with Gasteiger partial charge in [0.15, 0.2) is 5.96 Å². The summed E-state index contributed by atoms with van der Waals surface area (Å²) in [6, 6.07) is 7.43. The minimum absolute atomic E-state index is 0.0862. The number of hydrogen-bond donors (Lipinski definition) is 3. The van der Waals surface area contributed by atoms with Gasteiger partial charge in [0.1, 0.15) is 0 Å². The average molecular weight is 320 g/mol. The lowest BCUT2D eigenvalue weighted by molar-refractivity contribution is 0.0268. The topological polar surface area (TPSA) is 74.8 Å². The summed E-state index contributed by atoms with van der Waals surface area (Å²) >= 11 is 0. The standard InChI is InChI=1S/C17H28N4O2/c1-6-19-16(21-12-17(2,3)23-5)20-11-13-7-9-14(10-8-13)15(22)18-4/h7-10H,6,11-12H2,1-5H3,(H,18,22)(H2,19,20,21). The van der Waals surface area contributed by atoms with Crippen LogP contribution in [0.2, 0.25) is 0 Å². The number of nitrogens with zero attached hydrogens (tertiary/aromatic N) is 1. The van der Waals surface area contributed by atoms with Crippen molar-refractivity contribution in [2.24, 2.45) is 4.99 Å². The second-order valence-corrected chi connectivity index (χ2v) is 5.79. The molecule has 1 aromatic carbocycles. The molecule has 23 heavy (non-hydrogen) atoms. The third-order valence-corrected chi connectivity index (χ3v) is 3.44. The van der Waals surface area contributed by atoms with Crippen LogP contribution < -0.4 is 16.0 Å².